The SMILES string of the molecule is CN(C)CC(C)(O)CNC(=O)c1cc([N+](=O)[O-])ccc1C(F)(F)F. The number of aliphatic hydroxyl groups is 1. The molecule has 1 atom stereocenters. The molecule has 0 aliphatic carbocycles. The monoisotopic (exact) mass is 349 g/mol. The number of nitrogens with zero attached hydrogens (tertiary/aromatic N) is 2. The molecular weight excluding hydrogens is 331 g/mol. The first kappa shape index (κ1) is 19.8. The Hall–Kier alpha value is -2.20. The molecule has 0 saturated carbocycles. The molecule has 7 nitrogen and oxygen atoms in total. The molecule has 0 fully saturated rings. The number of benzene rings is 1. The number of alkyl halides is 3. The van der Waals surface area contributed by atoms with E-state index in [0.29, 0.717) is 18.2 Å². The van der Waals surface area contributed by atoms with Crippen LogP contribution in [0.2, 0.25) is 0 Å². The van der Waals surface area contributed by atoms with E-state index in [2.05, 4.69) is 5.32 Å². The molecule has 0 aliphatic rings. The number of carbonyl (C=O) groups is 1. The molecule has 1 unspecified atom stereocenters. The minimum atomic E-state index is -4.84. The molecule has 0 aliphatic heterocycles. The Kier molecular flexibility index (Phi) is 5.90. The predicted molar refractivity (Wildman–Crippen MR) is 79.6 cm³/mol. The van der Waals surface area contributed by atoms with Gasteiger partial charge in [-0.05, 0) is 27.1 Å². The Labute approximate surface area is 136 Å². The summed E-state index contributed by atoms with van der Waals surface area (Å²) in [7, 11) is 3.36. The molecule has 0 aromatic heterocycles. The topological polar surface area (TPSA) is 95.7 Å². The normalized spacial score (nSPS) is 14.3. The van der Waals surface area contributed by atoms with Crippen LogP contribution in [0.4, 0.5) is 18.9 Å². The smallest absolute Gasteiger partial charge is 0.387 e. The number of nitro benzene ring substituents is 1. The van der Waals surface area contributed by atoms with Gasteiger partial charge in [-0.15, -0.1) is 0 Å². The molecule has 1 aromatic rings. The first-order chi connectivity index (χ1) is 10.8. The van der Waals surface area contributed by atoms with Crippen molar-refractivity contribution in [3.05, 3.63) is 39.4 Å². The van der Waals surface area contributed by atoms with Crippen LogP contribution < -0.4 is 5.32 Å². The van der Waals surface area contributed by atoms with Crippen LogP contribution in [0.15, 0.2) is 18.2 Å². The fourth-order valence-corrected chi connectivity index (χ4v) is 2.18. The summed E-state index contributed by atoms with van der Waals surface area (Å²) in [6, 6.07) is 1.74. The molecule has 0 heterocycles. The van der Waals surface area contributed by atoms with Gasteiger partial charge in [-0.2, -0.15) is 13.2 Å². The van der Waals surface area contributed by atoms with E-state index in [-0.39, 0.29) is 13.1 Å². The zero-order valence-electron chi connectivity index (χ0n) is 13.3. The molecule has 10 heteroatoms. The van der Waals surface area contributed by atoms with E-state index < -0.39 is 39.4 Å². The third kappa shape index (κ3) is 5.46. The van der Waals surface area contributed by atoms with Gasteiger partial charge in [0.25, 0.3) is 11.6 Å². The van der Waals surface area contributed by atoms with E-state index in [0.717, 1.165) is 0 Å². The second kappa shape index (κ2) is 7.14. The lowest BCUT2D eigenvalue weighted by Crippen LogP contribution is -2.47. The summed E-state index contributed by atoms with van der Waals surface area (Å²) in [6.45, 7) is 1.25. The van der Waals surface area contributed by atoms with Crippen LogP contribution >= 0.6 is 0 Å². The third-order valence-electron chi connectivity index (χ3n) is 3.05. The number of non-ortho nitro benzene ring substituents is 1. The maximum atomic E-state index is 13.0. The molecule has 1 rings (SSSR count). The van der Waals surface area contributed by atoms with Crippen molar-refractivity contribution in [3.63, 3.8) is 0 Å². The van der Waals surface area contributed by atoms with Gasteiger partial charge in [0.1, 0.15) is 0 Å². The second-order valence-corrected chi connectivity index (χ2v) is 5.90. The van der Waals surface area contributed by atoms with Crippen molar-refractivity contribution in [3.8, 4) is 0 Å². The van der Waals surface area contributed by atoms with Gasteiger partial charge in [-0.1, -0.05) is 0 Å². The summed E-state index contributed by atoms with van der Waals surface area (Å²) in [5.41, 5.74) is -4.15. The standard InChI is InChI=1S/C14H18F3N3O4/c1-13(22,8-19(2)3)7-18-12(21)10-6-9(20(23)24)4-5-11(10)14(15,16)17/h4-6,22H,7-8H2,1-3H3,(H,18,21). The van der Waals surface area contributed by atoms with E-state index in [1.807, 2.05) is 0 Å². The first-order valence-corrected chi connectivity index (χ1v) is 6.84. The number of halogens is 3. The van der Waals surface area contributed by atoms with Crippen LogP contribution in [0.3, 0.4) is 0 Å². The van der Waals surface area contributed by atoms with E-state index in [4.69, 9.17) is 0 Å². The van der Waals surface area contributed by atoms with Crippen LogP contribution in [0.5, 0.6) is 0 Å². The highest BCUT2D eigenvalue weighted by Crippen LogP contribution is 2.33. The van der Waals surface area contributed by atoms with Crippen molar-refractivity contribution in [1.29, 1.82) is 0 Å². The first-order valence-electron chi connectivity index (χ1n) is 6.84. The number of nitro groups is 1. The summed E-state index contributed by atoms with van der Waals surface area (Å²) in [4.78, 5) is 23.5. The molecular formula is C14H18F3N3O4. The van der Waals surface area contributed by atoms with E-state index in [1.165, 1.54) is 6.92 Å². The van der Waals surface area contributed by atoms with Gasteiger partial charge in [0.2, 0.25) is 0 Å². The lowest BCUT2D eigenvalue weighted by Gasteiger charge is -2.27. The number of likely N-dealkylation sites (N-methyl/N-ethyl adjacent to an activating group) is 1. The molecule has 0 saturated heterocycles. The Bertz CT molecular complexity index is 630. The van der Waals surface area contributed by atoms with Crippen molar-refractivity contribution in [2.75, 3.05) is 27.2 Å². The minimum Gasteiger partial charge on any atom is -0.387 e. The minimum absolute atomic E-state index is 0.161. The highest BCUT2D eigenvalue weighted by Gasteiger charge is 2.36. The largest absolute Gasteiger partial charge is 0.417 e. The van der Waals surface area contributed by atoms with Gasteiger partial charge in [-0.25, -0.2) is 0 Å². The van der Waals surface area contributed by atoms with Crippen molar-refractivity contribution in [1.82, 2.24) is 10.2 Å². The predicted octanol–water partition coefficient (Wildman–Crippen LogP) is 1.66. The van der Waals surface area contributed by atoms with Crippen LogP contribution in [-0.4, -0.2) is 53.6 Å². The number of rotatable bonds is 6. The van der Waals surface area contributed by atoms with Crippen molar-refractivity contribution in [2.24, 2.45) is 0 Å². The van der Waals surface area contributed by atoms with Gasteiger partial charge in [0, 0.05) is 25.2 Å². The fraction of sp³-hybridized carbons (Fsp3) is 0.500. The average molecular weight is 349 g/mol. The van der Waals surface area contributed by atoms with Gasteiger partial charge in [0.05, 0.1) is 21.7 Å². The van der Waals surface area contributed by atoms with E-state index in [1.54, 1.807) is 19.0 Å². The van der Waals surface area contributed by atoms with Crippen LogP contribution in [0.25, 0.3) is 0 Å². The molecule has 0 spiro atoms. The zero-order valence-corrected chi connectivity index (χ0v) is 13.3. The number of hydrogen-bond donors (Lipinski definition) is 2. The van der Waals surface area contributed by atoms with Gasteiger partial charge in [0.15, 0.2) is 0 Å². The average Bonchev–Trinajstić information content (AvgIpc) is 2.41. The quantitative estimate of drug-likeness (QED) is 0.601. The summed E-state index contributed by atoms with van der Waals surface area (Å²) in [5.74, 6) is -1.15. The van der Waals surface area contributed by atoms with Crippen molar-refractivity contribution >= 4 is 11.6 Å². The summed E-state index contributed by atoms with van der Waals surface area (Å²) >= 11 is 0. The van der Waals surface area contributed by atoms with Crippen molar-refractivity contribution < 1.29 is 28.0 Å². The van der Waals surface area contributed by atoms with Gasteiger partial charge in [-0.3, -0.25) is 14.9 Å². The summed E-state index contributed by atoms with van der Waals surface area (Å²) in [6.07, 6.45) is -4.84. The van der Waals surface area contributed by atoms with Gasteiger partial charge < -0.3 is 15.3 Å². The van der Waals surface area contributed by atoms with E-state index >= 15 is 0 Å². The highest BCUT2D eigenvalue weighted by atomic mass is 19.4. The maximum absolute atomic E-state index is 13.0. The number of hydrogen-bond acceptors (Lipinski definition) is 5. The molecule has 1 amide bonds. The summed E-state index contributed by atoms with van der Waals surface area (Å²) < 4.78 is 38.9. The number of carbonyl (C=O) groups excluding carboxylic acids is 1. The van der Waals surface area contributed by atoms with Crippen LogP contribution in [0, 0.1) is 10.1 Å². The highest BCUT2D eigenvalue weighted by molar-refractivity contribution is 5.96. The lowest BCUT2D eigenvalue weighted by atomic mass is 10.0. The third-order valence-corrected chi connectivity index (χ3v) is 3.05. The van der Waals surface area contributed by atoms with Crippen molar-refractivity contribution in [2.45, 2.75) is 18.7 Å². The zero-order chi connectivity index (χ0) is 18.7. The van der Waals surface area contributed by atoms with Crippen LogP contribution in [-0.2, 0) is 6.18 Å². The van der Waals surface area contributed by atoms with Crippen LogP contribution in [0.1, 0.15) is 22.8 Å². The molecule has 0 radical (unpaired) electrons. The Balaban J connectivity index is 3.08. The second-order valence-electron chi connectivity index (χ2n) is 5.90. The Morgan fingerprint density at radius 1 is 1.38 bits per heavy atom. The molecule has 2 N–H and O–H groups in total. The van der Waals surface area contributed by atoms with E-state index in [9.17, 15) is 33.2 Å². The molecule has 0 bridgehead atoms. The molecule has 24 heavy (non-hydrogen) atoms. The fourth-order valence-electron chi connectivity index (χ4n) is 2.18. The number of nitrogens with one attached hydrogen (secondary N) is 1. The summed E-state index contributed by atoms with van der Waals surface area (Å²) in [5, 5.41) is 23.0. The molecule has 1 aromatic carbocycles. The lowest BCUT2D eigenvalue weighted by molar-refractivity contribution is -0.384. The number of amides is 1. The molecule has 134 valence electrons. The Morgan fingerprint density at radius 2 is 1.96 bits per heavy atom. The Morgan fingerprint density at radius 3 is 2.42 bits per heavy atom. The van der Waals surface area contributed by atoms with Gasteiger partial charge >= 0.3 is 6.18 Å². The maximum Gasteiger partial charge on any atom is 0.417 e.